The molecule has 0 saturated carbocycles. The van der Waals surface area contributed by atoms with Crippen LogP contribution in [0.3, 0.4) is 0 Å². The molecule has 1 aromatic heterocycles. The van der Waals surface area contributed by atoms with Crippen molar-refractivity contribution in [1.82, 2.24) is 10.3 Å². The first-order valence-electron chi connectivity index (χ1n) is 6.37. The van der Waals surface area contributed by atoms with E-state index in [1.165, 1.54) is 0 Å². The number of aldehydes is 1. The third-order valence-corrected chi connectivity index (χ3v) is 3.47. The lowest BCUT2D eigenvalue weighted by Gasteiger charge is -2.20. The molecule has 1 aromatic carbocycles. The number of hydrogen-bond donors (Lipinski definition) is 1. The molecule has 3 rings (SSSR count). The second kappa shape index (κ2) is 4.85. The molecule has 0 radical (unpaired) electrons. The van der Waals surface area contributed by atoms with Crippen LogP contribution in [0.1, 0.15) is 34.8 Å². The molecular formula is C15H12N2O3. The Morgan fingerprint density at radius 3 is 2.75 bits per heavy atom. The molecule has 1 saturated heterocycles. The Labute approximate surface area is 115 Å². The number of pyridine rings is 1. The van der Waals surface area contributed by atoms with Crippen molar-refractivity contribution in [2.45, 2.75) is 18.8 Å². The highest BCUT2D eigenvalue weighted by molar-refractivity contribution is 6.01. The van der Waals surface area contributed by atoms with Crippen molar-refractivity contribution < 1.29 is 14.4 Å². The molecule has 1 N–H and O–H groups in total. The van der Waals surface area contributed by atoms with Crippen molar-refractivity contribution in [3.8, 4) is 0 Å². The molecule has 2 heterocycles. The molecule has 1 fully saturated rings. The molecule has 1 aliphatic heterocycles. The van der Waals surface area contributed by atoms with Gasteiger partial charge in [0.25, 0.3) is 0 Å². The summed E-state index contributed by atoms with van der Waals surface area (Å²) in [6.07, 6.45) is 1.56. The van der Waals surface area contributed by atoms with Gasteiger partial charge in [-0.1, -0.05) is 18.2 Å². The van der Waals surface area contributed by atoms with Crippen LogP contribution in [0.25, 0.3) is 10.9 Å². The van der Waals surface area contributed by atoms with Gasteiger partial charge in [-0.25, -0.2) is 0 Å². The fraction of sp³-hybridized carbons (Fsp3) is 0.200. The van der Waals surface area contributed by atoms with E-state index < -0.39 is 5.92 Å². The fourth-order valence-corrected chi connectivity index (χ4v) is 2.39. The summed E-state index contributed by atoms with van der Waals surface area (Å²) in [5.74, 6) is -0.952. The summed E-state index contributed by atoms with van der Waals surface area (Å²) in [6.45, 7) is 0. The number of nitrogens with zero attached hydrogens (tertiary/aromatic N) is 1. The maximum Gasteiger partial charge on any atom is 0.235 e. The fourth-order valence-electron chi connectivity index (χ4n) is 2.39. The highest BCUT2D eigenvalue weighted by Crippen LogP contribution is 2.25. The zero-order valence-electron chi connectivity index (χ0n) is 10.6. The number of amides is 2. The summed E-state index contributed by atoms with van der Waals surface area (Å²) in [4.78, 5) is 38.2. The van der Waals surface area contributed by atoms with Crippen LogP contribution in [0.15, 0.2) is 30.3 Å². The molecular weight excluding hydrogens is 256 g/mol. The van der Waals surface area contributed by atoms with Crippen molar-refractivity contribution in [3.63, 3.8) is 0 Å². The zero-order chi connectivity index (χ0) is 14.1. The van der Waals surface area contributed by atoms with E-state index >= 15 is 0 Å². The predicted molar refractivity (Wildman–Crippen MR) is 72.3 cm³/mol. The minimum absolute atomic E-state index is 0.240. The number of nitrogens with one attached hydrogen (secondary N) is 1. The van der Waals surface area contributed by atoms with Gasteiger partial charge in [-0.2, -0.15) is 0 Å². The van der Waals surface area contributed by atoms with E-state index in [4.69, 9.17) is 0 Å². The Kier molecular flexibility index (Phi) is 3.02. The number of fused-ring (bicyclic) bond motifs is 1. The normalized spacial score (nSPS) is 18.9. The van der Waals surface area contributed by atoms with Gasteiger partial charge < -0.3 is 0 Å². The lowest BCUT2D eigenvalue weighted by molar-refractivity contribution is -0.134. The van der Waals surface area contributed by atoms with E-state index in [-0.39, 0.29) is 11.8 Å². The zero-order valence-corrected chi connectivity index (χ0v) is 10.6. The van der Waals surface area contributed by atoms with Crippen LogP contribution in [-0.2, 0) is 9.59 Å². The third-order valence-electron chi connectivity index (χ3n) is 3.47. The maximum atomic E-state index is 11.8. The van der Waals surface area contributed by atoms with Crippen LogP contribution in [0.5, 0.6) is 0 Å². The number of hydrogen-bond acceptors (Lipinski definition) is 4. The van der Waals surface area contributed by atoms with E-state index in [1.807, 2.05) is 12.1 Å². The molecule has 100 valence electrons. The summed E-state index contributed by atoms with van der Waals surface area (Å²) in [7, 11) is 0. The van der Waals surface area contributed by atoms with Crippen LogP contribution in [0.4, 0.5) is 0 Å². The van der Waals surface area contributed by atoms with Gasteiger partial charge in [-0.3, -0.25) is 24.7 Å². The number of piperidine rings is 1. The minimum atomic E-state index is -0.406. The highest BCUT2D eigenvalue weighted by Gasteiger charge is 2.28. The molecule has 2 aromatic rings. The number of aromatic nitrogens is 1. The van der Waals surface area contributed by atoms with Crippen LogP contribution in [-0.4, -0.2) is 23.1 Å². The van der Waals surface area contributed by atoms with E-state index in [9.17, 15) is 14.4 Å². The first kappa shape index (κ1) is 12.5. The Bertz CT molecular complexity index is 724. The Morgan fingerprint density at radius 2 is 2.00 bits per heavy atom. The molecule has 1 atom stereocenters. The van der Waals surface area contributed by atoms with Gasteiger partial charge in [0.2, 0.25) is 11.8 Å². The number of carbonyl (C=O) groups excluding carboxylic acids is 3. The van der Waals surface area contributed by atoms with E-state index in [1.54, 1.807) is 18.2 Å². The van der Waals surface area contributed by atoms with Crippen molar-refractivity contribution in [1.29, 1.82) is 0 Å². The molecule has 0 bridgehead atoms. The van der Waals surface area contributed by atoms with E-state index in [0.29, 0.717) is 29.6 Å². The highest BCUT2D eigenvalue weighted by atomic mass is 16.2. The predicted octanol–water partition coefficient (Wildman–Crippen LogP) is 1.57. The topological polar surface area (TPSA) is 76.1 Å². The summed E-state index contributed by atoms with van der Waals surface area (Å²) in [6, 6.07) is 8.90. The Hall–Kier alpha value is -2.56. The van der Waals surface area contributed by atoms with Crippen molar-refractivity contribution in [2.24, 2.45) is 0 Å². The number of imide groups is 1. The Balaban J connectivity index is 2.01. The summed E-state index contributed by atoms with van der Waals surface area (Å²) in [5.41, 5.74) is 1.85. The molecule has 1 aliphatic rings. The standard InChI is InChI=1S/C15H12N2O3/c18-8-9-1-2-10-3-5-12(16-13(10)7-9)11-4-6-14(19)17-15(11)20/h1-3,5,7-8,11H,4,6H2,(H,17,19,20). The second-order valence-corrected chi connectivity index (χ2v) is 4.81. The third kappa shape index (κ3) is 2.18. The lowest BCUT2D eigenvalue weighted by atomic mass is 9.94. The largest absolute Gasteiger partial charge is 0.298 e. The average Bonchev–Trinajstić information content (AvgIpc) is 2.46. The van der Waals surface area contributed by atoms with Gasteiger partial charge in [-0.15, -0.1) is 0 Å². The van der Waals surface area contributed by atoms with Gasteiger partial charge in [-0.05, 0) is 18.6 Å². The molecule has 20 heavy (non-hydrogen) atoms. The van der Waals surface area contributed by atoms with Gasteiger partial charge in [0.15, 0.2) is 0 Å². The Morgan fingerprint density at radius 1 is 1.20 bits per heavy atom. The van der Waals surface area contributed by atoms with Gasteiger partial charge >= 0.3 is 0 Å². The van der Waals surface area contributed by atoms with Crippen molar-refractivity contribution >= 4 is 29.0 Å². The molecule has 5 heteroatoms. The maximum absolute atomic E-state index is 11.8. The summed E-state index contributed by atoms with van der Waals surface area (Å²) >= 11 is 0. The summed E-state index contributed by atoms with van der Waals surface area (Å²) in [5, 5.41) is 3.23. The number of carbonyl (C=O) groups is 3. The first-order chi connectivity index (χ1) is 9.67. The van der Waals surface area contributed by atoms with Crippen LogP contribution in [0, 0.1) is 0 Å². The van der Waals surface area contributed by atoms with Gasteiger partial charge in [0.05, 0.1) is 17.1 Å². The van der Waals surface area contributed by atoms with Crippen molar-refractivity contribution in [2.75, 3.05) is 0 Å². The quantitative estimate of drug-likeness (QED) is 0.662. The second-order valence-electron chi connectivity index (χ2n) is 4.81. The molecule has 2 amide bonds. The smallest absolute Gasteiger partial charge is 0.235 e. The van der Waals surface area contributed by atoms with Gasteiger partial charge in [0.1, 0.15) is 6.29 Å². The number of benzene rings is 1. The van der Waals surface area contributed by atoms with Crippen LogP contribution >= 0.6 is 0 Å². The van der Waals surface area contributed by atoms with E-state index in [2.05, 4.69) is 10.3 Å². The first-order valence-corrected chi connectivity index (χ1v) is 6.37. The average molecular weight is 268 g/mol. The molecule has 0 aliphatic carbocycles. The molecule has 5 nitrogen and oxygen atoms in total. The SMILES string of the molecule is O=Cc1ccc2ccc(C3CCC(=O)NC3=O)nc2c1. The van der Waals surface area contributed by atoms with Crippen LogP contribution < -0.4 is 5.32 Å². The molecule has 1 unspecified atom stereocenters. The number of rotatable bonds is 2. The van der Waals surface area contributed by atoms with E-state index in [0.717, 1.165) is 11.7 Å². The minimum Gasteiger partial charge on any atom is -0.298 e. The molecule has 0 spiro atoms. The van der Waals surface area contributed by atoms with Crippen LogP contribution in [0.2, 0.25) is 0 Å². The monoisotopic (exact) mass is 268 g/mol. The lowest BCUT2D eigenvalue weighted by Crippen LogP contribution is -2.39. The van der Waals surface area contributed by atoms with Crippen molar-refractivity contribution in [3.05, 3.63) is 41.6 Å². The van der Waals surface area contributed by atoms with Gasteiger partial charge in [0, 0.05) is 17.4 Å². The summed E-state index contributed by atoms with van der Waals surface area (Å²) < 4.78 is 0.